The maximum atomic E-state index is 5.62. The number of aryl methyl sites for hydroxylation is 1. The molecule has 1 atom stereocenters. The molecule has 0 saturated carbocycles. The predicted octanol–water partition coefficient (Wildman–Crippen LogP) is 0.929. The summed E-state index contributed by atoms with van der Waals surface area (Å²) in [7, 11) is 0. The third kappa shape index (κ3) is 2.05. The molecule has 0 aliphatic carbocycles. The smallest absolute Gasteiger partial charge is 0.234 e. The lowest BCUT2D eigenvalue weighted by molar-refractivity contribution is 0.103. The summed E-state index contributed by atoms with van der Waals surface area (Å²) < 4.78 is 7.44. The topological polar surface area (TPSA) is 78.3 Å². The van der Waals surface area contributed by atoms with E-state index in [2.05, 4.69) is 15.3 Å². The first-order valence-corrected chi connectivity index (χ1v) is 6.73. The van der Waals surface area contributed by atoms with Gasteiger partial charge in [-0.1, -0.05) is 11.3 Å². The van der Waals surface area contributed by atoms with E-state index in [1.165, 1.54) is 0 Å². The number of hydrogen-bond acceptors (Lipinski definition) is 6. The molecule has 92 valence electrons. The molecule has 1 aliphatic rings. The van der Waals surface area contributed by atoms with Crippen LogP contribution in [0.5, 0.6) is 0 Å². The van der Waals surface area contributed by atoms with Crippen molar-refractivity contribution in [3.8, 4) is 0 Å². The van der Waals surface area contributed by atoms with Crippen LogP contribution < -0.4 is 5.73 Å². The summed E-state index contributed by atoms with van der Waals surface area (Å²) >= 11 is 1.58. The maximum Gasteiger partial charge on any atom is 0.234 e. The monoisotopic (exact) mass is 253 g/mol. The molecule has 1 fully saturated rings. The fourth-order valence-electron chi connectivity index (χ4n) is 2.01. The predicted molar refractivity (Wildman–Crippen MR) is 64.0 cm³/mol. The summed E-state index contributed by atoms with van der Waals surface area (Å²) in [6, 6.07) is 0. The fraction of sp³-hybridized carbons (Fsp3) is 0.700. The van der Waals surface area contributed by atoms with E-state index < -0.39 is 0 Å². The molecule has 1 saturated heterocycles. The molecule has 0 aromatic carbocycles. The van der Waals surface area contributed by atoms with Crippen LogP contribution in [0, 0.1) is 0 Å². The summed E-state index contributed by atoms with van der Waals surface area (Å²) in [5.41, 5.74) is 5.50. The third-order valence-corrected chi connectivity index (χ3v) is 3.83. The molecule has 2 N–H and O–H groups in total. The first-order chi connectivity index (χ1) is 8.38. The van der Waals surface area contributed by atoms with Gasteiger partial charge in [-0.05, 0) is 25.8 Å². The molecule has 0 radical (unpaired) electrons. The van der Waals surface area contributed by atoms with Crippen molar-refractivity contribution in [2.45, 2.75) is 31.8 Å². The Morgan fingerprint density at radius 3 is 3.18 bits per heavy atom. The summed E-state index contributed by atoms with van der Waals surface area (Å²) in [6.45, 7) is 1.50. The second-order valence-electron chi connectivity index (χ2n) is 4.14. The van der Waals surface area contributed by atoms with Gasteiger partial charge >= 0.3 is 0 Å². The van der Waals surface area contributed by atoms with Gasteiger partial charge in [0.05, 0.1) is 0 Å². The highest BCUT2D eigenvalue weighted by Crippen LogP contribution is 2.28. The number of nitrogens with two attached hydrogens (primary N) is 1. The normalized spacial score (nSPS) is 20.4. The summed E-state index contributed by atoms with van der Waals surface area (Å²) in [5, 5.41) is 13.9. The number of nitrogens with zero attached hydrogens (tertiary/aromatic N) is 4. The zero-order valence-electron chi connectivity index (χ0n) is 9.50. The lowest BCUT2D eigenvalue weighted by Crippen LogP contribution is -2.04. The molecule has 6 nitrogen and oxygen atoms in total. The van der Waals surface area contributed by atoms with Crippen LogP contribution in [0.4, 0.5) is 0 Å². The van der Waals surface area contributed by atoms with Gasteiger partial charge in [0.15, 0.2) is 5.82 Å². The Morgan fingerprint density at radius 1 is 1.47 bits per heavy atom. The number of rotatable bonds is 4. The van der Waals surface area contributed by atoms with Crippen molar-refractivity contribution in [3.05, 3.63) is 10.8 Å². The number of fused-ring (bicyclic) bond motifs is 1. The van der Waals surface area contributed by atoms with Crippen molar-refractivity contribution in [3.63, 3.8) is 0 Å². The summed E-state index contributed by atoms with van der Waals surface area (Å²) in [5.74, 6) is 0.841. The highest BCUT2D eigenvalue weighted by molar-refractivity contribution is 7.16. The van der Waals surface area contributed by atoms with Crippen molar-refractivity contribution < 1.29 is 4.74 Å². The van der Waals surface area contributed by atoms with Crippen LogP contribution in [0.25, 0.3) is 4.96 Å². The molecule has 7 heteroatoms. The van der Waals surface area contributed by atoms with Crippen LogP contribution in [-0.2, 0) is 11.2 Å². The molecule has 2 aromatic rings. The molecule has 1 aliphatic heterocycles. The SMILES string of the molecule is NCCCc1nn2c(C3CCCO3)nnc2s1. The Bertz CT molecular complexity index is 502. The summed E-state index contributed by atoms with van der Waals surface area (Å²) in [4.78, 5) is 0.850. The van der Waals surface area contributed by atoms with E-state index in [0.29, 0.717) is 6.54 Å². The van der Waals surface area contributed by atoms with E-state index in [4.69, 9.17) is 10.5 Å². The Morgan fingerprint density at radius 2 is 2.41 bits per heavy atom. The summed E-state index contributed by atoms with van der Waals surface area (Å²) in [6.07, 6.45) is 4.03. The van der Waals surface area contributed by atoms with Crippen molar-refractivity contribution in [2.75, 3.05) is 13.2 Å². The van der Waals surface area contributed by atoms with Gasteiger partial charge in [-0.2, -0.15) is 9.61 Å². The molecule has 0 spiro atoms. The van der Waals surface area contributed by atoms with E-state index in [9.17, 15) is 0 Å². The van der Waals surface area contributed by atoms with Gasteiger partial charge in [-0.15, -0.1) is 10.2 Å². The molecule has 2 aromatic heterocycles. The molecular formula is C10H15N5OS. The van der Waals surface area contributed by atoms with E-state index in [0.717, 1.165) is 48.1 Å². The molecule has 0 amide bonds. The van der Waals surface area contributed by atoms with Crippen molar-refractivity contribution in [1.29, 1.82) is 0 Å². The van der Waals surface area contributed by atoms with Crippen molar-refractivity contribution in [1.82, 2.24) is 19.8 Å². The quantitative estimate of drug-likeness (QED) is 0.877. The Balaban J connectivity index is 1.88. The maximum absolute atomic E-state index is 5.62. The number of hydrogen-bond donors (Lipinski definition) is 1. The minimum atomic E-state index is 0.0643. The first-order valence-electron chi connectivity index (χ1n) is 5.91. The van der Waals surface area contributed by atoms with Gasteiger partial charge in [-0.25, -0.2) is 0 Å². The average Bonchev–Trinajstić information content (AvgIpc) is 3.01. The van der Waals surface area contributed by atoms with Crippen LogP contribution in [0.3, 0.4) is 0 Å². The van der Waals surface area contributed by atoms with Crippen LogP contribution in [0.15, 0.2) is 0 Å². The molecule has 1 unspecified atom stereocenters. The van der Waals surface area contributed by atoms with E-state index in [1.54, 1.807) is 11.3 Å². The Hall–Kier alpha value is -1.05. The van der Waals surface area contributed by atoms with Gasteiger partial charge in [0.25, 0.3) is 0 Å². The second-order valence-corrected chi connectivity index (χ2v) is 5.18. The van der Waals surface area contributed by atoms with Crippen molar-refractivity contribution >= 4 is 16.3 Å². The van der Waals surface area contributed by atoms with E-state index in [-0.39, 0.29) is 6.10 Å². The van der Waals surface area contributed by atoms with Crippen LogP contribution >= 0.6 is 11.3 Å². The highest BCUT2D eigenvalue weighted by atomic mass is 32.1. The van der Waals surface area contributed by atoms with E-state index >= 15 is 0 Å². The Labute approximate surface area is 103 Å². The standard InChI is InChI=1S/C10H15N5OS/c11-5-1-4-8-14-15-9(7-3-2-6-16-7)12-13-10(15)17-8/h7H,1-6,11H2. The largest absolute Gasteiger partial charge is 0.370 e. The lowest BCUT2D eigenvalue weighted by atomic mass is 10.2. The van der Waals surface area contributed by atoms with Gasteiger partial charge in [0, 0.05) is 13.0 Å². The Kier molecular flexibility index (Phi) is 3.04. The van der Waals surface area contributed by atoms with Crippen LogP contribution in [-0.4, -0.2) is 33.0 Å². The molecule has 3 heterocycles. The average molecular weight is 253 g/mol. The van der Waals surface area contributed by atoms with Gasteiger partial charge < -0.3 is 10.5 Å². The molecule has 0 bridgehead atoms. The van der Waals surface area contributed by atoms with Crippen molar-refractivity contribution in [2.24, 2.45) is 5.73 Å². The molecule has 3 rings (SSSR count). The zero-order chi connectivity index (χ0) is 11.7. The van der Waals surface area contributed by atoms with Gasteiger partial charge in [0.2, 0.25) is 4.96 Å². The minimum absolute atomic E-state index is 0.0643. The molecular weight excluding hydrogens is 238 g/mol. The second kappa shape index (κ2) is 4.67. The highest BCUT2D eigenvalue weighted by Gasteiger charge is 2.24. The molecule has 17 heavy (non-hydrogen) atoms. The minimum Gasteiger partial charge on any atom is -0.370 e. The number of aromatic nitrogens is 4. The lowest BCUT2D eigenvalue weighted by Gasteiger charge is -2.04. The fourth-order valence-corrected chi connectivity index (χ4v) is 2.89. The van der Waals surface area contributed by atoms with Crippen LogP contribution in [0.2, 0.25) is 0 Å². The van der Waals surface area contributed by atoms with E-state index in [1.807, 2.05) is 4.52 Å². The van der Waals surface area contributed by atoms with Gasteiger partial charge in [-0.3, -0.25) is 0 Å². The first kappa shape index (κ1) is 11.1. The number of ether oxygens (including phenoxy) is 1. The van der Waals surface area contributed by atoms with Crippen LogP contribution in [0.1, 0.15) is 36.2 Å². The van der Waals surface area contributed by atoms with Gasteiger partial charge in [0.1, 0.15) is 11.1 Å². The third-order valence-electron chi connectivity index (χ3n) is 2.87. The zero-order valence-corrected chi connectivity index (χ0v) is 10.3.